The van der Waals surface area contributed by atoms with Crippen LogP contribution in [0.4, 0.5) is 24.0 Å². The highest BCUT2D eigenvalue weighted by atomic mass is 32.1. The zero-order valence-electron chi connectivity index (χ0n) is 27.9. The van der Waals surface area contributed by atoms with Crippen molar-refractivity contribution in [2.75, 3.05) is 57.1 Å². The highest BCUT2D eigenvalue weighted by molar-refractivity contribution is 7.23. The van der Waals surface area contributed by atoms with Gasteiger partial charge in [0, 0.05) is 49.5 Å². The Kier molecular flexibility index (Phi) is 9.08. The summed E-state index contributed by atoms with van der Waals surface area (Å²) in [5.74, 6) is -1.06. The molecular formula is C36H38F3N7O3S. The first kappa shape index (κ1) is 34.0. The van der Waals surface area contributed by atoms with Crippen LogP contribution in [-0.4, -0.2) is 96.0 Å². The molecule has 0 radical (unpaired) electrons. The molecule has 2 aromatic heterocycles. The number of likely N-dealkylation sites (N-methyl/N-ethyl adjacent to an activating group) is 1. The van der Waals surface area contributed by atoms with Gasteiger partial charge in [-0.1, -0.05) is 18.7 Å². The number of benzene rings is 2. The molecule has 3 aliphatic heterocycles. The van der Waals surface area contributed by atoms with Gasteiger partial charge in [-0.15, -0.1) is 11.3 Å². The Bertz CT molecular complexity index is 2040. The lowest BCUT2D eigenvalue weighted by Crippen LogP contribution is -2.49. The van der Waals surface area contributed by atoms with Crippen molar-refractivity contribution in [2.45, 2.75) is 56.4 Å². The smallest absolute Gasteiger partial charge is 0.319 e. The molecule has 4 unspecified atom stereocenters. The maximum absolute atomic E-state index is 17.0. The summed E-state index contributed by atoms with van der Waals surface area (Å²) in [6.45, 7) is 8.07. The molecular weight excluding hydrogens is 668 g/mol. The van der Waals surface area contributed by atoms with Crippen LogP contribution in [0, 0.1) is 23.0 Å². The fourth-order valence-corrected chi connectivity index (χ4v) is 9.24. The first-order valence-corrected chi connectivity index (χ1v) is 17.6. The average Bonchev–Trinajstić information content (AvgIpc) is 3.86. The fraction of sp³-hybridized carbons (Fsp3) is 0.444. The lowest BCUT2D eigenvalue weighted by Gasteiger charge is -2.36. The van der Waals surface area contributed by atoms with Crippen molar-refractivity contribution in [3.05, 3.63) is 54.1 Å². The van der Waals surface area contributed by atoms with Crippen molar-refractivity contribution in [3.63, 3.8) is 0 Å². The Labute approximate surface area is 291 Å². The number of nitriles is 1. The van der Waals surface area contributed by atoms with Crippen molar-refractivity contribution in [1.29, 1.82) is 5.26 Å². The van der Waals surface area contributed by atoms with Gasteiger partial charge in [0.05, 0.1) is 34.5 Å². The molecule has 5 heterocycles. The Balaban J connectivity index is 1.38. The molecule has 2 aromatic carbocycles. The number of amides is 1. The third kappa shape index (κ3) is 5.52. The topological polar surface area (TPSA) is 121 Å². The second-order valence-corrected chi connectivity index (χ2v) is 14.2. The minimum Gasteiger partial charge on any atom is -0.461 e. The van der Waals surface area contributed by atoms with Gasteiger partial charge in [-0.25, -0.2) is 13.2 Å². The number of carbonyl (C=O) groups excluding carboxylic acids is 1. The highest BCUT2D eigenvalue weighted by Gasteiger charge is 2.49. The van der Waals surface area contributed by atoms with E-state index in [1.54, 1.807) is 24.1 Å². The van der Waals surface area contributed by atoms with Crippen LogP contribution in [0.25, 0.3) is 32.1 Å². The summed E-state index contributed by atoms with van der Waals surface area (Å²) in [5.41, 5.74) is 6.05. The maximum Gasteiger partial charge on any atom is 0.319 e. The van der Waals surface area contributed by atoms with E-state index >= 15 is 4.39 Å². The minimum atomic E-state index is -0.958. The van der Waals surface area contributed by atoms with Gasteiger partial charge in [0.2, 0.25) is 5.91 Å². The average molecular weight is 706 g/mol. The van der Waals surface area contributed by atoms with Crippen molar-refractivity contribution in [1.82, 2.24) is 19.8 Å². The molecule has 10 nitrogen and oxygen atoms in total. The first-order valence-electron chi connectivity index (χ1n) is 16.8. The van der Waals surface area contributed by atoms with E-state index in [9.17, 15) is 18.8 Å². The van der Waals surface area contributed by atoms with Gasteiger partial charge in [0.15, 0.2) is 5.82 Å². The van der Waals surface area contributed by atoms with Crippen LogP contribution in [0.15, 0.2) is 36.9 Å². The number of hydrogen-bond donors (Lipinski definition) is 1. The molecule has 4 aromatic rings. The summed E-state index contributed by atoms with van der Waals surface area (Å²) < 4.78 is 58.5. The molecule has 4 atom stereocenters. The summed E-state index contributed by atoms with van der Waals surface area (Å²) >= 11 is 0.938. The van der Waals surface area contributed by atoms with Crippen molar-refractivity contribution < 1.29 is 27.4 Å². The molecule has 0 saturated carbocycles. The molecule has 2 N–H and O–H groups in total. The van der Waals surface area contributed by atoms with E-state index in [4.69, 9.17) is 20.2 Å². The highest BCUT2D eigenvalue weighted by Crippen LogP contribution is 2.44. The van der Waals surface area contributed by atoms with E-state index in [2.05, 4.69) is 16.5 Å². The number of thiophene rings is 1. The number of nitrogens with zero attached hydrogens (tertiary/aromatic N) is 6. The van der Waals surface area contributed by atoms with Crippen LogP contribution >= 0.6 is 11.3 Å². The number of carbonyl (C=O) groups is 1. The van der Waals surface area contributed by atoms with Crippen LogP contribution in [0.1, 0.15) is 38.2 Å². The van der Waals surface area contributed by atoms with Gasteiger partial charge >= 0.3 is 6.01 Å². The number of likely N-dealkylation sites (tertiary alicyclic amines) is 1. The molecule has 3 saturated heterocycles. The minimum absolute atomic E-state index is 0.0315. The Morgan fingerprint density at radius 2 is 2.06 bits per heavy atom. The van der Waals surface area contributed by atoms with Crippen LogP contribution in [0.3, 0.4) is 0 Å². The SMILES string of the molecule is C=CC(=O)N1CCC(N(CC)c2nc(OCC34CCCN3CC(F)C4)nc3c(F)c(-c4ccc(F)c5sc(N)c(C#N)c45)ccc23)C1COC. The standard InChI is InChI=1S/C36H38F3N7O3S/c1-4-28(47)46-14-11-26(27(46)18-48-3)45(5-2)34-23-8-7-22(21-9-10-25(38)32-29(21)24(16-40)33(41)50-32)30(39)31(23)42-35(43-34)49-19-36-12-6-13-44(36)17-20(37)15-36/h4,7-10,20,26-27H,1,5-6,11-15,17-19,41H2,2-3H3. The number of aromatic nitrogens is 2. The number of rotatable bonds is 10. The molecule has 3 aliphatic rings. The molecule has 7 rings (SSSR count). The summed E-state index contributed by atoms with van der Waals surface area (Å²) in [4.78, 5) is 28.2. The van der Waals surface area contributed by atoms with Gasteiger partial charge < -0.3 is 25.0 Å². The number of hydrogen-bond acceptors (Lipinski definition) is 10. The number of ether oxygens (including phenoxy) is 2. The summed E-state index contributed by atoms with van der Waals surface area (Å²) in [5, 5.41) is 10.7. The first-order chi connectivity index (χ1) is 24.1. The summed E-state index contributed by atoms with van der Waals surface area (Å²) in [7, 11) is 1.58. The third-order valence-corrected chi connectivity index (χ3v) is 11.6. The summed E-state index contributed by atoms with van der Waals surface area (Å²) in [6.07, 6.45) is 2.96. The maximum atomic E-state index is 17.0. The molecule has 50 heavy (non-hydrogen) atoms. The van der Waals surface area contributed by atoms with Gasteiger partial charge in [0.1, 0.15) is 41.0 Å². The van der Waals surface area contributed by atoms with E-state index in [1.165, 1.54) is 18.2 Å². The molecule has 262 valence electrons. The normalized spacial score (nSPS) is 23.4. The Morgan fingerprint density at radius 3 is 2.80 bits per heavy atom. The largest absolute Gasteiger partial charge is 0.461 e. The van der Waals surface area contributed by atoms with Crippen molar-refractivity contribution >= 4 is 49.1 Å². The number of methoxy groups -OCH3 is 1. The van der Waals surface area contributed by atoms with E-state index < -0.39 is 23.3 Å². The van der Waals surface area contributed by atoms with E-state index in [1.807, 2.05) is 17.9 Å². The quantitative estimate of drug-likeness (QED) is 0.203. The van der Waals surface area contributed by atoms with Crippen LogP contribution in [-0.2, 0) is 9.53 Å². The van der Waals surface area contributed by atoms with Crippen LogP contribution in [0.5, 0.6) is 6.01 Å². The number of fused-ring (bicyclic) bond motifs is 3. The van der Waals surface area contributed by atoms with Gasteiger partial charge in [-0.2, -0.15) is 15.2 Å². The predicted octanol–water partition coefficient (Wildman–Crippen LogP) is 5.83. The zero-order valence-corrected chi connectivity index (χ0v) is 28.7. The number of nitrogen functional groups attached to an aromatic ring is 1. The monoisotopic (exact) mass is 705 g/mol. The fourth-order valence-electron chi connectivity index (χ4n) is 8.29. The lowest BCUT2D eigenvalue weighted by molar-refractivity contribution is -0.127. The van der Waals surface area contributed by atoms with Crippen molar-refractivity contribution in [3.8, 4) is 23.2 Å². The van der Waals surface area contributed by atoms with Crippen LogP contribution < -0.4 is 15.4 Å². The van der Waals surface area contributed by atoms with E-state index in [-0.39, 0.29) is 68.9 Å². The Hall–Kier alpha value is -4.45. The number of anilines is 2. The number of halogens is 3. The number of alkyl halides is 1. The van der Waals surface area contributed by atoms with E-state index in [0.717, 1.165) is 30.7 Å². The third-order valence-electron chi connectivity index (χ3n) is 10.5. The zero-order chi connectivity index (χ0) is 35.3. The summed E-state index contributed by atoms with van der Waals surface area (Å²) in [6, 6.07) is 7.36. The lowest BCUT2D eigenvalue weighted by atomic mass is 9.95. The van der Waals surface area contributed by atoms with E-state index in [0.29, 0.717) is 49.2 Å². The molecule has 14 heteroatoms. The number of nitrogens with two attached hydrogens (primary N) is 1. The molecule has 0 bridgehead atoms. The molecule has 1 amide bonds. The van der Waals surface area contributed by atoms with Crippen LogP contribution in [0.2, 0.25) is 0 Å². The molecule has 3 fully saturated rings. The van der Waals surface area contributed by atoms with Crippen molar-refractivity contribution in [2.24, 2.45) is 0 Å². The molecule has 0 spiro atoms. The van der Waals surface area contributed by atoms with Gasteiger partial charge in [0.25, 0.3) is 0 Å². The second kappa shape index (κ2) is 13.4. The predicted molar refractivity (Wildman–Crippen MR) is 187 cm³/mol. The molecule has 0 aliphatic carbocycles. The van der Waals surface area contributed by atoms with Gasteiger partial charge in [-0.3, -0.25) is 9.69 Å². The second-order valence-electron chi connectivity index (χ2n) is 13.2. The van der Waals surface area contributed by atoms with Gasteiger partial charge in [-0.05, 0) is 56.5 Å². The Morgan fingerprint density at radius 1 is 1.26 bits per heavy atom.